The van der Waals surface area contributed by atoms with Crippen LogP contribution in [0.5, 0.6) is 5.75 Å². The maximum absolute atomic E-state index is 12.5. The average Bonchev–Trinajstić information content (AvgIpc) is 3.20. The van der Waals surface area contributed by atoms with Crippen molar-refractivity contribution in [1.29, 1.82) is 0 Å². The second-order valence-electron chi connectivity index (χ2n) is 8.12. The van der Waals surface area contributed by atoms with Gasteiger partial charge in [-0.3, -0.25) is 14.5 Å². The van der Waals surface area contributed by atoms with Crippen LogP contribution in [0.2, 0.25) is 0 Å². The quantitative estimate of drug-likeness (QED) is 0.670. The number of amides is 2. The molecule has 2 aliphatic rings. The van der Waals surface area contributed by atoms with E-state index < -0.39 is 11.8 Å². The molecule has 2 heterocycles. The minimum Gasteiger partial charge on any atom is -0.497 e. The number of hydrogen-bond acceptors (Lipinski definition) is 6. The Morgan fingerprint density at radius 1 is 1.06 bits per heavy atom. The van der Waals surface area contributed by atoms with Gasteiger partial charge in [-0.05, 0) is 47.9 Å². The normalized spacial score (nSPS) is 16.9. The zero-order valence-electron chi connectivity index (χ0n) is 18.6. The van der Waals surface area contributed by atoms with E-state index >= 15 is 0 Å². The van der Waals surface area contributed by atoms with E-state index in [0.29, 0.717) is 31.2 Å². The Bertz CT molecular complexity index is 957. The topological polar surface area (TPSA) is 83.1 Å². The Hall–Kier alpha value is -3.10. The summed E-state index contributed by atoms with van der Waals surface area (Å²) in [6, 6.07) is 13.4. The van der Waals surface area contributed by atoms with Crippen molar-refractivity contribution in [2.45, 2.75) is 12.5 Å². The molecule has 2 aromatic carbocycles. The number of nitrogens with one attached hydrogen (secondary N) is 2. The molecule has 0 saturated carbocycles. The summed E-state index contributed by atoms with van der Waals surface area (Å²) in [4.78, 5) is 29.5. The maximum Gasteiger partial charge on any atom is 0.313 e. The molecule has 0 radical (unpaired) electrons. The van der Waals surface area contributed by atoms with Crippen molar-refractivity contribution in [3.05, 3.63) is 53.6 Å². The summed E-state index contributed by atoms with van der Waals surface area (Å²) in [5.41, 5.74) is 4.28. The van der Waals surface area contributed by atoms with Crippen molar-refractivity contribution in [1.82, 2.24) is 10.2 Å². The Morgan fingerprint density at radius 3 is 2.53 bits per heavy atom. The van der Waals surface area contributed by atoms with Crippen LogP contribution in [-0.2, 0) is 20.7 Å². The van der Waals surface area contributed by atoms with Crippen LogP contribution in [0.4, 0.5) is 11.4 Å². The van der Waals surface area contributed by atoms with E-state index in [1.165, 1.54) is 11.3 Å². The summed E-state index contributed by atoms with van der Waals surface area (Å²) < 4.78 is 10.6. The number of hydrogen-bond donors (Lipinski definition) is 2. The molecule has 2 aromatic rings. The van der Waals surface area contributed by atoms with E-state index in [1.807, 2.05) is 0 Å². The molecule has 1 atom stereocenters. The SMILES string of the molecule is COc1ccc(NC(=O)C(=O)NC[C@@H](c2ccc3c(c2)CCN3C)N2CCOCC2)cc1. The number of ether oxygens (including phenoxy) is 2. The van der Waals surface area contributed by atoms with E-state index in [4.69, 9.17) is 9.47 Å². The number of anilines is 2. The van der Waals surface area contributed by atoms with Gasteiger partial charge in [0, 0.05) is 44.6 Å². The highest BCUT2D eigenvalue weighted by atomic mass is 16.5. The Labute approximate surface area is 188 Å². The molecule has 8 heteroatoms. The van der Waals surface area contributed by atoms with Gasteiger partial charge in [-0.1, -0.05) is 12.1 Å². The van der Waals surface area contributed by atoms with Crippen molar-refractivity contribution in [3.8, 4) is 5.75 Å². The molecule has 32 heavy (non-hydrogen) atoms. The largest absolute Gasteiger partial charge is 0.497 e. The summed E-state index contributed by atoms with van der Waals surface area (Å²) >= 11 is 0. The number of fused-ring (bicyclic) bond motifs is 1. The molecular formula is C24H30N4O4. The van der Waals surface area contributed by atoms with Gasteiger partial charge in [0.1, 0.15) is 5.75 Å². The fourth-order valence-corrected chi connectivity index (χ4v) is 4.27. The van der Waals surface area contributed by atoms with Gasteiger partial charge in [0.15, 0.2) is 0 Å². The number of likely N-dealkylation sites (N-methyl/N-ethyl adjacent to an activating group) is 1. The lowest BCUT2D eigenvalue weighted by Gasteiger charge is -2.35. The third-order valence-corrected chi connectivity index (χ3v) is 6.11. The number of rotatable bonds is 6. The average molecular weight is 439 g/mol. The Balaban J connectivity index is 1.42. The van der Waals surface area contributed by atoms with Crippen LogP contribution in [0.25, 0.3) is 0 Å². The van der Waals surface area contributed by atoms with Crippen LogP contribution in [-0.4, -0.2) is 70.3 Å². The lowest BCUT2D eigenvalue weighted by molar-refractivity contribution is -0.136. The lowest BCUT2D eigenvalue weighted by atomic mass is 10.0. The van der Waals surface area contributed by atoms with Crippen LogP contribution >= 0.6 is 0 Å². The zero-order valence-corrected chi connectivity index (χ0v) is 18.6. The minimum atomic E-state index is -0.688. The number of carbonyl (C=O) groups excluding carboxylic acids is 2. The number of benzene rings is 2. The second-order valence-corrected chi connectivity index (χ2v) is 8.12. The van der Waals surface area contributed by atoms with Crippen molar-refractivity contribution in [2.24, 2.45) is 0 Å². The van der Waals surface area contributed by atoms with Crippen LogP contribution in [0.3, 0.4) is 0 Å². The van der Waals surface area contributed by atoms with Crippen LogP contribution in [0.1, 0.15) is 17.2 Å². The van der Waals surface area contributed by atoms with Gasteiger partial charge < -0.3 is 25.0 Å². The van der Waals surface area contributed by atoms with Crippen molar-refractivity contribution >= 4 is 23.2 Å². The van der Waals surface area contributed by atoms with Crippen LogP contribution < -0.4 is 20.3 Å². The van der Waals surface area contributed by atoms with E-state index in [2.05, 4.69) is 45.7 Å². The first-order valence-electron chi connectivity index (χ1n) is 10.9. The Morgan fingerprint density at radius 2 is 1.81 bits per heavy atom. The fourth-order valence-electron chi connectivity index (χ4n) is 4.27. The monoisotopic (exact) mass is 438 g/mol. The molecule has 2 N–H and O–H groups in total. The van der Waals surface area contributed by atoms with Gasteiger partial charge in [0.2, 0.25) is 0 Å². The highest BCUT2D eigenvalue weighted by Gasteiger charge is 2.26. The number of nitrogens with zero attached hydrogens (tertiary/aromatic N) is 2. The zero-order chi connectivity index (χ0) is 22.5. The molecule has 2 amide bonds. The molecule has 0 bridgehead atoms. The predicted octanol–water partition coefficient (Wildman–Crippen LogP) is 1.82. The lowest BCUT2D eigenvalue weighted by Crippen LogP contribution is -2.45. The third kappa shape index (κ3) is 5.03. The fraction of sp³-hybridized carbons (Fsp3) is 0.417. The van der Waals surface area contributed by atoms with Gasteiger partial charge >= 0.3 is 11.8 Å². The van der Waals surface area contributed by atoms with Gasteiger partial charge in [0.25, 0.3) is 0 Å². The van der Waals surface area contributed by atoms with Gasteiger partial charge in [-0.25, -0.2) is 0 Å². The van der Waals surface area contributed by atoms with Crippen molar-refractivity contribution in [3.63, 3.8) is 0 Å². The van der Waals surface area contributed by atoms with E-state index in [1.54, 1.807) is 31.4 Å². The first-order chi connectivity index (χ1) is 15.5. The number of morpholine rings is 1. The summed E-state index contributed by atoms with van der Waals surface area (Å²) in [6.07, 6.45) is 1.02. The maximum atomic E-state index is 12.5. The molecule has 0 spiro atoms. The Kier molecular flexibility index (Phi) is 6.92. The van der Waals surface area contributed by atoms with E-state index in [9.17, 15) is 9.59 Å². The molecule has 1 fully saturated rings. The number of carbonyl (C=O) groups is 2. The van der Waals surface area contributed by atoms with Crippen LogP contribution in [0, 0.1) is 0 Å². The smallest absolute Gasteiger partial charge is 0.313 e. The van der Waals surface area contributed by atoms with Crippen molar-refractivity contribution in [2.75, 3.05) is 63.8 Å². The highest BCUT2D eigenvalue weighted by molar-refractivity contribution is 6.39. The third-order valence-electron chi connectivity index (χ3n) is 6.11. The van der Waals surface area contributed by atoms with Crippen molar-refractivity contribution < 1.29 is 19.1 Å². The minimum absolute atomic E-state index is 0.0205. The second kappa shape index (κ2) is 10.0. The molecule has 170 valence electrons. The standard InChI is InChI=1S/C24H30N4O4/c1-27-10-9-18-15-17(3-8-21(18)27)22(28-11-13-32-14-12-28)16-25-23(29)24(30)26-19-4-6-20(31-2)7-5-19/h3-8,15,22H,9-14,16H2,1-2H3,(H,25,29)(H,26,30)/t22-/m0/s1. The van der Waals surface area contributed by atoms with Gasteiger partial charge in [0.05, 0.1) is 26.4 Å². The molecule has 1 saturated heterocycles. The first-order valence-corrected chi connectivity index (χ1v) is 10.9. The van der Waals surface area contributed by atoms with Gasteiger partial charge in [-0.15, -0.1) is 0 Å². The molecule has 2 aliphatic heterocycles. The molecule has 4 rings (SSSR count). The molecule has 0 unspecified atom stereocenters. The predicted molar refractivity (Wildman–Crippen MR) is 123 cm³/mol. The summed E-state index contributed by atoms with van der Waals surface area (Å²) in [5, 5.41) is 5.46. The number of methoxy groups -OCH3 is 1. The molecule has 8 nitrogen and oxygen atoms in total. The van der Waals surface area contributed by atoms with E-state index in [0.717, 1.165) is 31.6 Å². The summed E-state index contributed by atoms with van der Waals surface area (Å²) in [6.45, 7) is 4.27. The molecular weight excluding hydrogens is 408 g/mol. The van der Waals surface area contributed by atoms with Gasteiger partial charge in [-0.2, -0.15) is 0 Å². The summed E-state index contributed by atoms with van der Waals surface area (Å²) in [5.74, 6) is -0.659. The first kappa shape index (κ1) is 22.1. The van der Waals surface area contributed by atoms with E-state index in [-0.39, 0.29) is 6.04 Å². The highest BCUT2D eigenvalue weighted by Crippen LogP contribution is 2.31. The molecule has 0 aliphatic carbocycles. The van der Waals surface area contributed by atoms with Crippen LogP contribution in [0.15, 0.2) is 42.5 Å². The molecule has 0 aromatic heterocycles. The summed E-state index contributed by atoms with van der Waals surface area (Å²) in [7, 11) is 3.68.